The first-order valence-electron chi connectivity index (χ1n) is 10.3. The number of anilines is 1. The molecule has 1 aromatic carbocycles. The Morgan fingerprint density at radius 3 is 2.36 bits per heavy atom. The van der Waals surface area contributed by atoms with E-state index in [1.54, 1.807) is 0 Å². The molecular formula is C22H33N5S. The van der Waals surface area contributed by atoms with Gasteiger partial charge < -0.3 is 10.2 Å². The number of nitrogens with one attached hydrogen (secondary N) is 1. The van der Waals surface area contributed by atoms with E-state index in [4.69, 9.17) is 12.2 Å². The fourth-order valence-corrected chi connectivity index (χ4v) is 4.02. The van der Waals surface area contributed by atoms with Crippen LogP contribution in [0.2, 0.25) is 0 Å². The van der Waals surface area contributed by atoms with E-state index in [1.807, 2.05) is 11.7 Å². The molecule has 0 atom stereocenters. The normalized spacial score (nSPS) is 15.1. The van der Waals surface area contributed by atoms with Crippen molar-refractivity contribution in [2.75, 3.05) is 31.5 Å². The van der Waals surface area contributed by atoms with Crippen molar-refractivity contribution in [3.63, 3.8) is 0 Å². The third kappa shape index (κ3) is 5.11. The van der Waals surface area contributed by atoms with Crippen molar-refractivity contribution >= 4 is 23.0 Å². The molecule has 28 heavy (non-hydrogen) atoms. The molecule has 2 heterocycles. The average molecular weight is 400 g/mol. The molecule has 0 aliphatic carbocycles. The van der Waals surface area contributed by atoms with E-state index in [0.29, 0.717) is 0 Å². The molecular weight excluding hydrogens is 366 g/mol. The summed E-state index contributed by atoms with van der Waals surface area (Å²) in [5, 5.41) is 8.77. The number of hydrogen-bond donors (Lipinski definition) is 1. The molecule has 1 aliphatic rings. The molecule has 1 saturated heterocycles. The maximum Gasteiger partial charge on any atom is 0.173 e. The summed E-state index contributed by atoms with van der Waals surface area (Å²) in [5.41, 5.74) is 6.24. The van der Waals surface area contributed by atoms with Crippen molar-refractivity contribution in [3.8, 4) is 0 Å². The zero-order valence-electron chi connectivity index (χ0n) is 17.7. The Bertz CT molecular complexity index is 788. The van der Waals surface area contributed by atoms with Crippen LogP contribution in [0.15, 0.2) is 24.3 Å². The smallest absolute Gasteiger partial charge is 0.173 e. The van der Waals surface area contributed by atoms with Gasteiger partial charge in [0.15, 0.2) is 5.11 Å². The van der Waals surface area contributed by atoms with Gasteiger partial charge in [-0.3, -0.25) is 9.58 Å². The molecule has 5 nitrogen and oxygen atoms in total. The van der Waals surface area contributed by atoms with Gasteiger partial charge in [-0.25, -0.2) is 0 Å². The zero-order chi connectivity index (χ0) is 20.1. The van der Waals surface area contributed by atoms with Crippen molar-refractivity contribution in [2.45, 2.75) is 46.6 Å². The van der Waals surface area contributed by atoms with Crippen LogP contribution in [0.3, 0.4) is 0 Å². The minimum Gasteiger partial charge on any atom is -0.346 e. The number of rotatable bonds is 6. The van der Waals surface area contributed by atoms with Gasteiger partial charge in [-0.15, -0.1) is 0 Å². The molecule has 1 aliphatic heterocycles. The van der Waals surface area contributed by atoms with Crippen LogP contribution in [0.4, 0.5) is 5.69 Å². The Morgan fingerprint density at radius 2 is 1.79 bits per heavy atom. The Balaban J connectivity index is 1.48. The number of hydrogen-bond acceptors (Lipinski definition) is 3. The van der Waals surface area contributed by atoms with E-state index in [9.17, 15) is 0 Å². The first kappa shape index (κ1) is 20.8. The molecule has 0 saturated carbocycles. The summed E-state index contributed by atoms with van der Waals surface area (Å²) in [4.78, 5) is 4.78. The van der Waals surface area contributed by atoms with Gasteiger partial charge in [0.2, 0.25) is 0 Å². The molecule has 3 rings (SSSR count). The van der Waals surface area contributed by atoms with Gasteiger partial charge in [-0.05, 0) is 56.6 Å². The van der Waals surface area contributed by atoms with E-state index in [0.717, 1.165) is 55.6 Å². The first-order valence-corrected chi connectivity index (χ1v) is 10.7. The predicted molar refractivity (Wildman–Crippen MR) is 121 cm³/mol. The molecule has 0 radical (unpaired) electrons. The van der Waals surface area contributed by atoms with Crippen molar-refractivity contribution in [2.24, 2.45) is 7.05 Å². The topological polar surface area (TPSA) is 36.3 Å². The van der Waals surface area contributed by atoms with Crippen molar-refractivity contribution < 1.29 is 0 Å². The maximum atomic E-state index is 5.66. The molecule has 0 amide bonds. The van der Waals surface area contributed by atoms with E-state index >= 15 is 0 Å². The van der Waals surface area contributed by atoms with Gasteiger partial charge in [0.05, 0.1) is 5.69 Å². The largest absolute Gasteiger partial charge is 0.346 e. The Morgan fingerprint density at radius 1 is 1.11 bits per heavy atom. The van der Waals surface area contributed by atoms with Crippen molar-refractivity contribution in [3.05, 3.63) is 46.8 Å². The molecule has 1 fully saturated rings. The van der Waals surface area contributed by atoms with Gasteiger partial charge in [-0.2, -0.15) is 5.10 Å². The molecule has 6 heteroatoms. The van der Waals surface area contributed by atoms with E-state index in [2.05, 4.69) is 65.3 Å². The molecule has 2 aromatic rings. The van der Waals surface area contributed by atoms with Crippen LogP contribution >= 0.6 is 12.2 Å². The van der Waals surface area contributed by atoms with Crippen molar-refractivity contribution in [1.82, 2.24) is 19.6 Å². The minimum absolute atomic E-state index is 0.828. The van der Waals surface area contributed by atoms with Crippen LogP contribution in [0.1, 0.15) is 42.3 Å². The zero-order valence-corrected chi connectivity index (χ0v) is 18.5. The SMILES string of the molecule is CCCCc1ccc(NC(=S)N2CCN(Cc3c(C)nn(C)c3C)CC2)cc1. The lowest BCUT2D eigenvalue weighted by Crippen LogP contribution is -2.49. The van der Waals surface area contributed by atoms with E-state index < -0.39 is 0 Å². The number of aromatic nitrogens is 2. The number of piperazine rings is 1. The molecule has 152 valence electrons. The summed E-state index contributed by atoms with van der Waals surface area (Å²) >= 11 is 5.66. The van der Waals surface area contributed by atoms with Crippen LogP contribution in [-0.4, -0.2) is 50.9 Å². The standard InChI is InChI=1S/C22H33N5S/c1-5-6-7-19-8-10-20(11-9-19)23-22(28)27-14-12-26(13-15-27)16-21-17(2)24-25(4)18(21)3/h8-11H,5-7,12-16H2,1-4H3,(H,23,28). The number of nitrogens with zero attached hydrogens (tertiary/aromatic N) is 4. The van der Waals surface area contributed by atoms with Gasteiger partial charge in [-0.1, -0.05) is 25.5 Å². The highest BCUT2D eigenvalue weighted by Crippen LogP contribution is 2.17. The average Bonchev–Trinajstić information content (AvgIpc) is 2.94. The summed E-state index contributed by atoms with van der Waals surface area (Å²) in [7, 11) is 2.02. The van der Waals surface area contributed by atoms with Gasteiger partial charge in [0, 0.05) is 56.7 Å². The minimum atomic E-state index is 0.828. The van der Waals surface area contributed by atoms with Crippen LogP contribution in [0.5, 0.6) is 0 Å². The fourth-order valence-electron chi connectivity index (χ4n) is 3.72. The van der Waals surface area contributed by atoms with Crippen molar-refractivity contribution in [1.29, 1.82) is 0 Å². The number of aryl methyl sites for hydroxylation is 3. The summed E-state index contributed by atoms with van der Waals surface area (Å²) in [6.45, 7) is 11.4. The fraction of sp³-hybridized carbons (Fsp3) is 0.545. The number of unbranched alkanes of at least 4 members (excludes halogenated alkanes) is 1. The second kappa shape index (κ2) is 9.52. The number of benzene rings is 1. The highest BCUT2D eigenvalue weighted by atomic mass is 32.1. The lowest BCUT2D eigenvalue weighted by molar-refractivity contribution is 0.176. The van der Waals surface area contributed by atoms with Crippen LogP contribution < -0.4 is 5.32 Å². The molecule has 1 aromatic heterocycles. The molecule has 1 N–H and O–H groups in total. The lowest BCUT2D eigenvalue weighted by Gasteiger charge is -2.36. The van der Waals surface area contributed by atoms with Gasteiger partial charge in [0.1, 0.15) is 0 Å². The quantitative estimate of drug-likeness (QED) is 0.746. The monoisotopic (exact) mass is 399 g/mol. The molecule has 0 spiro atoms. The van der Waals surface area contributed by atoms with E-state index in [1.165, 1.54) is 29.7 Å². The van der Waals surface area contributed by atoms with E-state index in [-0.39, 0.29) is 0 Å². The van der Waals surface area contributed by atoms with Gasteiger partial charge >= 0.3 is 0 Å². The molecule has 0 unspecified atom stereocenters. The first-order chi connectivity index (χ1) is 13.5. The van der Waals surface area contributed by atoms with Gasteiger partial charge in [0.25, 0.3) is 0 Å². The lowest BCUT2D eigenvalue weighted by atomic mass is 10.1. The third-order valence-electron chi connectivity index (χ3n) is 5.72. The highest BCUT2D eigenvalue weighted by molar-refractivity contribution is 7.80. The summed E-state index contributed by atoms with van der Waals surface area (Å²) in [6, 6.07) is 8.69. The predicted octanol–water partition coefficient (Wildman–Crippen LogP) is 3.89. The second-order valence-electron chi connectivity index (χ2n) is 7.77. The Kier molecular flexibility index (Phi) is 7.08. The Labute approximate surface area is 174 Å². The second-order valence-corrected chi connectivity index (χ2v) is 8.15. The summed E-state index contributed by atoms with van der Waals surface area (Å²) < 4.78 is 1.98. The van der Waals surface area contributed by atoms with Crippen LogP contribution in [-0.2, 0) is 20.0 Å². The summed E-state index contributed by atoms with van der Waals surface area (Å²) in [5.74, 6) is 0. The molecule has 0 bridgehead atoms. The number of thiocarbonyl (C=S) groups is 1. The maximum absolute atomic E-state index is 5.66. The van der Waals surface area contributed by atoms with Crippen LogP contribution in [0.25, 0.3) is 0 Å². The highest BCUT2D eigenvalue weighted by Gasteiger charge is 2.21. The van der Waals surface area contributed by atoms with Crippen LogP contribution in [0, 0.1) is 13.8 Å². The third-order valence-corrected chi connectivity index (χ3v) is 6.08. The summed E-state index contributed by atoms with van der Waals surface area (Å²) in [6.07, 6.45) is 3.63. The Hall–Kier alpha value is -1.92.